The van der Waals surface area contributed by atoms with E-state index in [1.54, 1.807) is 0 Å². The molecule has 23 heavy (non-hydrogen) atoms. The van der Waals surface area contributed by atoms with Crippen LogP contribution in [-0.4, -0.2) is 14.1 Å². The lowest BCUT2D eigenvalue weighted by Crippen LogP contribution is -2.32. The zero-order chi connectivity index (χ0) is 15.5. The first-order valence-electron chi connectivity index (χ1n) is 7.48. The molecule has 0 N–H and O–H groups in total. The van der Waals surface area contributed by atoms with E-state index in [-0.39, 0.29) is 24.0 Å². The minimum Gasteiger partial charge on any atom is -0.378 e. The molecule has 0 aliphatic carbocycles. The number of aromatic nitrogens is 1. The van der Waals surface area contributed by atoms with Gasteiger partial charge in [-0.05, 0) is 35.9 Å². The second-order valence-electron chi connectivity index (χ2n) is 5.70. The maximum Gasteiger partial charge on any atom is 0.212 e. The number of benzene rings is 2. The molecule has 0 unspecified atom stereocenters. The first-order valence-corrected chi connectivity index (χ1v) is 7.48. The van der Waals surface area contributed by atoms with E-state index in [9.17, 15) is 0 Å². The highest BCUT2D eigenvalue weighted by atomic mass is 127. The monoisotopic (exact) mass is 417 g/mol. The molecule has 0 atom stereocenters. The number of anilines is 1. The molecule has 0 amide bonds. The Kier molecular flexibility index (Phi) is 5.77. The van der Waals surface area contributed by atoms with E-state index >= 15 is 0 Å². The fourth-order valence-electron chi connectivity index (χ4n) is 2.59. The summed E-state index contributed by atoms with van der Waals surface area (Å²) in [7, 11) is 6.22. The van der Waals surface area contributed by atoms with Crippen molar-refractivity contribution in [3.63, 3.8) is 0 Å². The third-order valence-corrected chi connectivity index (χ3v) is 3.98. The van der Waals surface area contributed by atoms with Crippen molar-refractivity contribution in [2.75, 3.05) is 19.0 Å². The average molecular weight is 417 g/mol. The molecule has 0 radical (unpaired) electrons. The summed E-state index contributed by atoms with van der Waals surface area (Å²) in [5.41, 5.74) is 4.86. The molecule has 118 valence electrons. The lowest BCUT2D eigenvalue weighted by atomic mass is 10.1. The van der Waals surface area contributed by atoms with Crippen LogP contribution in [0.1, 0.15) is 11.3 Å². The summed E-state index contributed by atoms with van der Waals surface area (Å²) in [6.07, 6.45) is 4.32. The van der Waals surface area contributed by atoms with Crippen molar-refractivity contribution in [2.45, 2.75) is 0 Å². The van der Waals surface area contributed by atoms with Gasteiger partial charge in [-0.3, -0.25) is 0 Å². The predicted octanol–water partition coefficient (Wildman–Crippen LogP) is 4.52. The SMILES string of the molecule is CN(C)c1ccc(/C=C/c2ccc3ccccc3[n+]2C)cc1.I. The fraction of sp³-hybridized carbons (Fsp3) is 0.150. The van der Waals surface area contributed by atoms with Crippen LogP contribution in [0, 0.1) is 0 Å². The lowest BCUT2D eigenvalue weighted by molar-refractivity contribution is -0.646. The van der Waals surface area contributed by atoms with Gasteiger partial charge in [0, 0.05) is 43.4 Å². The van der Waals surface area contributed by atoms with Gasteiger partial charge in [-0.25, -0.2) is 0 Å². The summed E-state index contributed by atoms with van der Waals surface area (Å²) in [6.45, 7) is 0. The van der Waals surface area contributed by atoms with Crippen molar-refractivity contribution in [1.82, 2.24) is 0 Å². The zero-order valence-electron chi connectivity index (χ0n) is 13.7. The van der Waals surface area contributed by atoms with Crippen LogP contribution in [0.4, 0.5) is 5.69 Å². The van der Waals surface area contributed by atoms with Crippen LogP contribution in [0.2, 0.25) is 0 Å². The van der Waals surface area contributed by atoms with Gasteiger partial charge in [0.05, 0.1) is 0 Å². The number of halogens is 1. The van der Waals surface area contributed by atoms with Gasteiger partial charge in [-0.15, -0.1) is 24.0 Å². The van der Waals surface area contributed by atoms with Crippen LogP contribution < -0.4 is 9.47 Å². The summed E-state index contributed by atoms with van der Waals surface area (Å²) in [5, 5.41) is 1.26. The van der Waals surface area contributed by atoms with Gasteiger partial charge in [-0.1, -0.05) is 24.3 Å². The van der Waals surface area contributed by atoms with Crippen LogP contribution in [0.15, 0.2) is 60.7 Å². The summed E-state index contributed by atoms with van der Waals surface area (Å²) in [6, 6.07) is 21.3. The Morgan fingerprint density at radius 1 is 0.826 bits per heavy atom. The number of hydrogen-bond acceptors (Lipinski definition) is 1. The molecule has 0 saturated carbocycles. The largest absolute Gasteiger partial charge is 0.378 e. The first-order chi connectivity index (χ1) is 10.6. The van der Waals surface area contributed by atoms with Gasteiger partial charge in [-0.2, -0.15) is 4.57 Å². The Morgan fingerprint density at radius 3 is 2.22 bits per heavy atom. The van der Waals surface area contributed by atoms with E-state index in [0.29, 0.717) is 0 Å². The maximum atomic E-state index is 2.22. The number of aryl methyl sites for hydroxylation is 1. The summed E-state index contributed by atoms with van der Waals surface area (Å²) in [4.78, 5) is 2.11. The Hall–Kier alpha value is -1.88. The maximum absolute atomic E-state index is 2.22. The fourth-order valence-corrected chi connectivity index (χ4v) is 2.59. The number of rotatable bonds is 3. The Balaban J connectivity index is 0.00000192. The van der Waals surface area contributed by atoms with Crippen LogP contribution in [0.5, 0.6) is 0 Å². The Labute approximate surface area is 155 Å². The second-order valence-corrected chi connectivity index (χ2v) is 5.70. The molecule has 3 heteroatoms. The minimum absolute atomic E-state index is 0. The Morgan fingerprint density at radius 2 is 1.52 bits per heavy atom. The van der Waals surface area contributed by atoms with Gasteiger partial charge in [0.15, 0.2) is 0 Å². The molecule has 0 aliphatic rings. The van der Waals surface area contributed by atoms with Crippen molar-refractivity contribution >= 4 is 52.7 Å². The summed E-state index contributed by atoms with van der Waals surface area (Å²) in [5.74, 6) is 0. The van der Waals surface area contributed by atoms with E-state index < -0.39 is 0 Å². The molecule has 0 spiro atoms. The van der Waals surface area contributed by atoms with Gasteiger partial charge in [0.25, 0.3) is 0 Å². The standard InChI is InChI=1S/C20H21N2.HI/c1-21(2)18-12-8-16(9-13-18)10-14-19-15-11-17-6-4-5-7-20(17)22(19)3;/h4-15H,1-3H3;1H/q+1;. The topological polar surface area (TPSA) is 7.12 Å². The molecule has 3 aromatic rings. The van der Waals surface area contributed by atoms with E-state index in [2.05, 4.69) is 103 Å². The number of para-hydroxylation sites is 1. The first kappa shape index (κ1) is 17.5. The molecule has 1 aromatic heterocycles. The molecular weight excluding hydrogens is 395 g/mol. The molecule has 2 nitrogen and oxygen atoms in total. The minimum atomic E-state index is 0. The quantitative estimate of drug-likeness (QED) is 0.449. The third kappa shape index (κ3) is 3.91. The normalized spacial score (nSPS) is 10.7. The van der Waals surface area contributed by atoms with Gasteiger partial charge in [0.2, 0.25) is 11.2 Å². The predicted molar refractivity (Wildman–Crippen MR) is 110 cm³/mol. The van der Waals surface area contributed by atoms with Crippen LogP contribution in [-0.2, 0) is 7.05 Å². The smallest absolute Gasteiger partial charge is 0.212 e. The molecule has 2 aromatic carbocycles. The third-order valence-electron chi connectivity index (χ3n) is 3.98. The lowest BCUT2D eigenvalue weighted by Gasteiger charge is -2.11. The highest BCUT2D eigenvalue weighted by Crippen LogP contribution is 2.15. The van der Waals surface area contributed by atoms with Crippen molar-refractivity contribution < 1.29 is 4.57 Å². The van der Waals surface area contributed by atoms with Crippen LogP contribution in [0.3, 0.4) is 0 Å². The van der Waals surface area contributed by atoms with E-state index in [1.165, 1.54) is 27.8 Å². The second kappa shape index (κ2) is 7.59. The number of pyridine rings is 1. The highest BCUT2D eigenvalue weighted by molar-refractivity contribution is 14.0. The van der Waals surface area contributed by atoms with Gasteiger partial charge < -0.3 is 4.90 Å². The average Bonchev–Trinajstić information content (AvgIpc) is 2.55. The number of fused-ring (bicyclic) bond motifs is 1. The van der Waals surface area contributed by atoms with Crippen LogP contribution in [0.25, 0.3) is 23.1 Å². The van der Waals surface area contributed by atoms with E-state index in [1.807, 2.05) is 0 Å². The van der Waals surface area contributed by atoms with Gasteiger partial charge in [0.1, 0.15) is 7.05 Å². The molecule has 1 heterocycles. The number of hydrogen-bond donors (Lipinski definition) is 0. The van der Waals surface area contributed by atoms with E-state index in [4.69, 9.17) is 0 Å². The Bertz CT molecular complexity index is 821. The molecule has 0 aliphatic heterocycles. The van der Waals surface area contributed by atoms with Crippen molar-refractivity contribution in [3.8, 4) is 0 Å². The van der Waals surface area contributed by atoms with Crippen molar-refractivity contribution in [3.05, 3.63) is 71.9 Å². The van der Waals surface area contributed by atoms with Gasteiger partial charge >= 0.3 is 0 Å². The zero-order valence-corrected chi connectivity index (χ0v) is 16.1. The molecule has 0 fully saturated rings. The number of nitrogens with zero attached hydrogens (tertiary/aromatic N) is 2. The highest BCUT2D eigenvalue weighted by Gasteiger charge is 2.07. The molecule has 0 saturated heterocycles. The molecule has 3 rings (SSSR count). The van der Waals surface area contributed by atoms with Crippen LogP contribution >= 0.6 is 24.0 Å². The summed E-state index contributed by atoms with van der Waals surface area (Å²) >= 11 is 0. The molecule has 0 bridgehead atoms. The van der Waals surface area contributed by atoms with Crippen molar-refractivity contribution in [2.24, 2.45) is 7.05 Å². The summed E-state index contributed by atoms with van der Waals surface area (Å²) < 4.78 is 2.22. The molecular formula is C20H22IN2+. The van der Waals surface area contributed by atoms with Crippen molar-refractivity contribution in [1.29, 1.82) is 0 Å². The van der Waals surface area contributed by atoms with E-state index in [0.717, 1.165) is 0 Å².